The molecule has 0 bridgehead atoms. The van der Waals surface area contributed by atoms with Crippen LogP contribution in [0.1, 0.15) is 0 Å². The molecule has 0 radical (unpaired) electrons. The third-order valence-electron chi connectivity index (χ3n) is 2.35. The lowest BCUT2D eigenvalue weighted by Gasteiger charge is -1.99. The van der Waals surface area contributed by atoms with Crippen molar-refractivity contribution in [2.45, 2.75) is 0 Å². The molecule has 0 amide bonds. The van der Waals surface area contributed by atoms with Gasteiger partial charge in [0.1, 0.15) is 11.5 Å². The van der Waals surface area contributed by atoms with Gasteiger partial charge in [-0.1, -0.05) is 0 Å². The third-order valence-corrected chi connectivity index (χ3v) is 2.35. The first-order valence-electron chi connectivity index (χ1n) is 4.96. The predicted molar refractivity (Wildman–Crippen MR) is 59.6 cm³/mol. The van der Waals surface area contributed by atoms with E-state index in [1.54, 1.807) is 24.9 Å². The highest BCUT2D eigenvalue weighted by Gasteiger charge is 2.05. The quantitative estimate of drug-likeness (QED) is 0.650. The SMILES string of the molecule is c1coc(-c2cncc(-c3ccco3)c2)c1. The molecular formula is C13H9NO2. The van der Waals surface area contributed by atoms with Gasteiger partial charge < -0.3 is 8.83 Å². The van der Waals surface area contributed by atoms with E-state index in [1.807, 2.05) is 30.3 Å². The summed E-state index contributed by atoms with van der Waals surface area (Å²) < 4.78 is 10.6. The molecule has 3 aromatic heterocycles. The summed E-state index contributed by atoms with van der Waals surface area (Å²) >= 11 is 0. The summed E-state index contributed by atoms with van der Waals surface area (Å²) in [5, 5.41) is 0. The number of hydrogen-bond donors (Lipinski definition) is 0. The van der Waals surface area contributed by atoms with Gasteiger partial charge in [-0.3, -0.25) is 4.98 Å². The Bertz CT molecular complexity index is 518. The van der Waals surface area contributed by atoms with Crippen molar-refractivity contribution in [2.24, 2.45) is 0 Å². The van der Waals surface area contributed by atoms with Gasteiger partial charge in [0.25, 0.3) is 0 Å². The van der Waals surface area contributed by atoms with Crippen LogP contribution in [0.25, 0.3) is 22.6 Å². The minimum absolute atomic E-state index is 0.806. The molecule has 3 heteroatoms. The van der Waals surface area contributed by atoms with Crippen LogP contribution in [-0.2, 0) is 0 Å². The zero-order valence-electron chi connectivity index (χ0n) is 8.46. The van der Waals surface area contributed by atoms with Crippen molar-refractivity contribution >= 4 is 0 Å². The lowest BCUT2D eigenvalue weighted by atomic mass is 10.1. The fraction of sp³-hybridized carbons (Fsp3) is 0. The second kappa shape index (κ2) is 3.70. The maximum atomic E-state index is 5.32. The summed E-state index contributed by atoms with van der Waals surface area (Å²) in [6.45, 7) is 0. The zero-order valence-corrected chi connectivity index (χ0v) is 8.46. The molecule has 16 heavy (non-hydrogen) atoms. The maximum absolute atomic E-state index is 5.32. The Labute approximate surface area is 92.4 Å². The molecule has 3 nitrogen and oxygen atoms in total. The van der Waals surface area contributed by atoms with Gasteiger partial charge >= 0.3 is 0 Å². The van der Waals surface area contributed by atoms with Crippen LogP contribution in [0.5, 0.6) is 0 Å². The van der Waals surface area contributed by atoms with Crippen molar-refractivity contribution in [3.05, 3.63) is 55.3 Å². The Morgan fingerprint density at radius 1 is 0.812 bits per heavy atom. The number of nitrogens with zero attached hydrogens (tertiary/aromatic N) is 1. The normalized spacial score (nSPS) is 10.5. The van der Waals surface area contributed by atoms with E-state index in [9.17, 15) is 0 Å². The number of hydrogen-bond acceptors (Lipinski definition) is 3. The minimum Gasteiger partial charge on any atom is -0.464 e. The largest absolute Gasteiger partial charge is 0.464 e. The predicted octanol–water partition coefficient (Wildman–Crippen LogP) is 3.60. The van der Waals surface area contributed by atoms with Crippen molar-refractivity contribution in [3.63, 3.8) is 0 Å². The van der Waals surface area contributed by atoms with Crippen LogP contribution in [0, 0.1) is 0 Å². The monoisotopic (exact) mass is 211 g/mol. The maximum Gasteiger partial charge on any atom is 0.135 e. The van der Waals surface area contributed by atoms with Crippen molar-refractivity contribution in [1.29, 1.82) is 0 Å². The van der Waals surface area contributed by atoms with E-state index in [0.717, 1.165) is 22.6 Å². The Hall–Kier alpha value is -2.29. The highest BCUT2D eigenvalue weighted by molar-refractivity contribution is 5.66. The number of aromatic nitrogens is 1. The van der Waals surface area contributed by atoms with E-state index in [-0.39, 0.29) is 0 Å². The molecule has 78 valence electrons. The molecule has 0 fully saturated rings. The Kier molecular flexibility index (Phi) is 2.07. The molecule has 3 heterocycles. The summed E-state index contributed by atoms with van der Waals surface area (Å²) in [6, 6.07) is 9.51. The van der Waals surface area contributed by atoms with Crippen LogP contribution in [0.15, 0.2) is 64.1 Å². The zero-order chi connectivity index (χ0) is 10.8. The fourth-order valence-corrected chi connectivity index (χ4v) is 1.60. The van der Waals surface area contributed by atoms with E-state index >= 15 is 0 Å². The second-order valence-corrected chi connectivity index (χ2v) is 3.42. The molecule has 0 unspecified atom stereocenters. The molecule has 0 atom stereocenters. The topological polar surface area (TPSA) is 39.2 Å². The fourth-order valence-electron chi connectivity index (χ4n) is 1.60. The van der Waals surface area contributed by atoms with Gasteiger partial charge in [0.15, 0.2) is 0 Å². The summed E-state index contributed by atoms with van der Waals surface area (Å²) in [5.41, 5.74) is 1.89. The molecule has 3 aromatic rings. The standard InChI is InChI=1S/C13H9NO2/c1-3-12(15-5-1)10-7-11(9-14-8-10)13-4-2-6-16-13/h1-9H. The number of rotatable bonds is 2. The Balaban J connectivity index is 2.07. The first kappa shape index (κ1) is 8.97. The van der Waals surface area contributed by atoms with Gasteiger partial charge in [-0.2, -0.15) is 0 Å². The molecule has 0 N–H and O–H groups in total. The van der Waals surface area contributed by atoms with Crippen LogP contribution >= 0.6 is 0 Å². The molecule has 0 saturated carbocycles. The molecule has 0 aliphatic carbocycles. The molecular weight excluding hydrogens is 202 g/mol. The van der Waals surface area contributed by atoms with E-state index in [1.165, 1.54) is 0 Å². The van der Waals surface area contributed by atoms with Crippen LogP contribution in [0.2, 0.25) is 0 Å². The molecule has 0 aliphatic rings. The minimum atomic E-state index is 0.806. The summed E-state index contributed by atoms with van der Waals surface area (Å²) in [5.74, 6) is 1.61. The third kappa shape index (κ3) is 1.52. The average Bonchev–Trinajstić information content (AvgIpc) is 3.03. The summed E-state index contributed by atoms with van der Waals surface area (Å²) in [6.07, 6.45) is 6.83. The van der Waals surface area contributed by atoms with Gasteiger partial charge in [0.2, 0.25) is 0 Å². The van der Waals surface area contributed by atoms with Crippen LogP contribution in [-0.4, -0.2) is 4.98 Å². The number of pyridine rings is 1. The average molecular weight is 211 g/mol. The van der Waals surface area contributed by atoms with Crippen molar-refractivity contribution in [1.82, 2.24) is 4.98 Å². The molecule has 0 spiro atoms. The molecule has 3 rings (SSSR count). The Morgan fingerprint density at radius 2 is 1.38 bits per heavy atom. The lowest BCUT2D eigenvalue weighted by Crippen LogP contribution is -1.80. The molecule has 0 aliphatic heterocycles. The van der Waals surface area contributed by atoms with Crippen LogP contribution in [0.3, 0.4) is 0 Å². The summed E-state index contributed by atoms with van der Waals surface area (Å²) in [7, 11) is 0. The van der Waals surface area contributed by atoms with Gasteiger partial charge in [-0.25, -0.2) is 0 Å². The van der Waals surface area contributed by atoms with Crippen molar-refractivity contribution < 1.29 is 8.83 Å². The van der Waals surface area contributed by atoms with E-state index < -0.39 is 0 Å². The highest BCUT2D eigenvalue weighted by atomic mass is 16.3. The lowest BCUT2D eigenvalue weighted by molar-refractivity contribution is 0.579. The van der Waals surface area contributed by atoms with Crippen LogP contribution < -0.4 is 0 Å². The van der Waals surface area contributed by atoms with Gasteiger partial charge in [-0.15, -0.1) is 0 Å². The Morgan fingerprint density at radius 3 is 1.81 bits per heavy atom. The highest BCUT2D eigenvalue weighted by Crippen LogP contribution is 2.25. The van der Waals surface area contributed by atoms with Gasteiger partial charge in [0.05, 0.1) is 12.5 Å². The van der Waals surface area contributed by atoms with Gasteiger partial charge in [0, 0.05) is 23.5 Å². The molecule has 0 saturated heterocycles. The molecule has 0 aromatic carbocycles. The summed E-state index contributed by atoms with van der Waals surface area (Å²) in [4.78, 5) is 4.18. The van der Waals surface area contributed by atoms with E-state index in [0.29, 0.717) is 0 Å². The second-order valence-electron chi connectivity index (χ2n) is 3.42. The first-order chi connectivity index (χ1) is 7.93. The smallest absolute Gasteiger partial charge is 0.135 e. The van der Waals surface area contributed by atoms with Gasteiger partial charge in [-0.05, 0) is 30.3 Å². The van der Waals surface area contributed by atoms with E-state index in [4.69, 9.17) is 8.83 Å². The van der Waals surface area contributed by atoms with Crippen molar-refractivity contribution in [2.75, 3.05) is 0 Å². The first-order valence-corrected chi connectivity index (χ1v) is 4.96. The van der Waals surface area contributed by atoms with Crippen LogP contribution in [0.4, 0.5) is 0 Å². The van der Waals surface area contributed by atoms with Crippen molar-refractivity contribution in [3.8, 4) is 22.6 Å². The van der Waals surface area contributed by atoms with E-state index in [2.05, 4.69) is 4.98 Å². The number of furan rings is 2.